The van der Waals surface area contributed by atoms with Crippen molar-refractivity contribution in [2.24, 2.45) is 0 Å². The quantitative estimate of drug-likeness (QED) is 0.779. The Morgan fingerprint density at radius 3 is 2.69 bits per heavy atom. The van der Waals surface area contributed by atoms with Crippen molar-refractivity contribution in [3.05, 3.63) is 17.0 Å². The highest BCUT2D eigenvalue weighted by Crippen LogP contribution is 2.24. The van der Waals surface area contributed by atoms with E-state index in [9.17, 15) is 5.11 Å². The van der Waals surface area contributed by atoms with Gasteiger partial charge >= 0.3 is 0 Å². The van der Waals surface area contributed by atoms with Crippen LogP contribution in [0, 0.1) is 6.92 Å². The number of aliphatic hydroxyl groups is 1. The molecule has 1 aromatic heterocycles. The molecule has 4 nitrogen and oxygen atoms in total. The van der Waals surface area contributed by atoms with Gasteiger partial charge in [0.05, 0.1) is 6.10 Å². The van der Waals surface area contributed by atoms with Crippen LogP contribution >= 0.6 is 11.6 Å². The average Bonchev–Trinajstić information content (AvgIpc) is 2.28. The molecule has 5 heteroatoms. The fourth-order valence-electron chi connectivity index (χ4n) is 1.99. The molecule has 1 aliphatic rings. The molecule has 16 heavy (non-hydrogen) atoms. The number of anilines is 1. The van der Waals surface area contributed by atoms with Gasteiger partial charge in [0.25, 0.3) is 0 Å². The molecule has 0 radical (unpaired) electrons. The predicted octanol–water partition coefficient (Wildman–Crippen LogP) is 2.15. The van der Waals surface area contributed by atoms with Gasteiger partial charge in [0.15, 0.2) is 0 Å². The Morgan fingerprint density at radius 2 is 2.00 bits per heavy atom. The maximum Gasteiger partial charge on any atom is 0.137 e. The van der Waals surface area contributed by atoms with Crippen molar-refractivity contribution in [2.75, 3.05) is 5.32 Å². The Morgan fingerprint density at radius 1 is 1.31 bits per heavy atom. The van der Waals surface area contributed by atoms with Crippen molar-refractivity contribution in [3.8, 4) is 0 Å². The molecule has 2 N–H and O–H groups in total. The number of nitrogens with one attached hydrogen (secondary N) is 1. The number of rotatable bonds is 2. The first kappa shape index (κ1) is 11.6. The third-order valence-electron chi connectivity index (χ3n) is 3.06. The summed E-state index contributed by atoms with van der Waals surface area (Å²) in [6.07, 6.45) is 5.00. The van der Waals surface area contributed by atoms with Crippen LogP contribution in [0.3, 0.4) is 0 Å². The molecule has 1 saturated carbocycles. The molecule has 1 aliphatic carbocycles. The van der Waals surface area contributed by atoms with Gasteiger partial charge in [-0.2, -0.15) is 0 Å². The first-order valence-corrected chi connectivity index (χ1v) is 5.96. The van der Waals surface area contributed by atoms with E-state index in [4.69, 9.17) is 11.6 Å². The van der Waals surface area contributed by atoms with Gasteiger partial charge < -0.3 is 10.4 Å². The molecule has 0 aliphatic heterocycles. The summed E-state index contributed by atoms with van der Waals surface area (Å²) >= 11 is 5.92. The fraction of sp³-hybridized carbons (Fsp3) is 0.636. The number of hydrogen-bond acceptors (Lipinski definition) is 4. The standard InChI is InChI=1S/C11H16ClN3O/c1-7-10(12)13-6-14-11(7)15-8-2-4-9(16)5-3-8/h6,8-9,16H,2-5H2,1H3,(H,13,14,15). The smallest absolute Gasteiger partial charge is 0.137 e. The zero-order valence-corrected chi connectivity index (χ0v) is 10.0. The van der Waals surface area contributed by atoms with Gasteiger partial charge in [-0.25, -0.2) is 9.97 Å². The number of hydrogen-bond donors (Lipinski definition) is 2. The fourth-order valence-corrected chi connectivity index (χ4v) is 2.12. The normalized spacial score (nSPS) is 25.4. The number of nitrogens with zero attached hydrogens (tertiary/aromatic N) is 2. The van der Waals surface area contributed by atoms with Crippen LogP contribution in [0.25, 0.3) is 0 Å². The molecule has 0 atom stereocenters. The first-order chi connectivity index (χ1) is 7.66. The lowest BCUT2D eigenvalue weighted by atomic mass is 9.93. The predicted molar refractivity (Wildman–Crippen MR) is 63.7 cm³/mol. The zero-order valence-electron chi connectivity index (χ0n) is 9.28. The van der Waals surface area contributed by atoms with Gasteiger partial charge in [-0.3, -0.25) is 0 Å². The summed E-state index contributed by atoms with van der Waals surface area (Å²) in [5.41, 5.74) is 0.885. The van der Waals surface area contributed by atoms with E-state index in [1.165, 1.54) is 6.33 Å². The average molecular weight is 242 g/mol. The SMILES string of the molecule is Cc1c(Cl)ncnc1NC1CCC(O)CC1. The van der Waals surface area contributed by atoms with Gasteiger partial charge in [-0.05, 0) is 32.6 Å². The number of halogens is 1. The number of aliphatic hydroxyl groups excluding tert-OH is 1. The zero-order chi connectivity index (χ0) is 11.5. The monoisotopic (exact) mass is 241 g/mol. The summed E-state index contributed by atoms with van der Waals surface area (Å²) < 4.78 is 0. The lowest BCUT2D eigenvalue weighted by Crippen LogP contribution is -2.28. The molecule has 1 fully saturated rings. The minimum absolute atomic E-state index is 0.131. The lowest BCUT2D eigenvalue weighted by Gasteiger charge is -2.27. The van der Waals surface area contributed by atoms with E-state index < -0.39 is 0 Å². The van der Waals surface area contributed by atoms with E-state index in [1.807, 2.05) is 6.92 Å². The van der Waals surface area contributed by atoms with Gasteiger partial charge in [-0.1, -0.05) is 11.6 Å². The van der Waals surface area contributed by atoms with E-state index in [0.29, 0.717) is 11.2 Å². The first-order valence-electron chi connectivity index (χ1n) is 5.58. The summed E-state index contributed by atoms with van der Waals surface area (Å²) in [5.74, 6) is 0.807. The van der Waals surface area contributed by atoms with Crippen LogP contribution in [0.1, 0.15) is 31.2 Å². The van der Waals surface area contributed by atoms with E-state index in [0.717, 1.165) is 37.1 Å². The van der Waals surface area contributed by atoms with Crippen molar-refractivity contribution in [1.82, 2.24) is 9.97 Å². The molecule has 0 amide bonds. The Hall–Kier alpha value is -0.870. The van der Waals surface area contributed by atoms with Crippen molar-refractivity contribution >= 4 is 17.4 Å². The Labute approximate surface area is 100 Å². The molecule has 0 saturated heterocycles. The molecule has 0 unspecified atom stereocenters. The summed E-state index contributed by atoms with van der Waals surface area (Å²) in [4.78, 5) is 8.10. The maximum atomic E-state index is 9.42. The van der Waals surface area contributed by atoms with Crippen LogP contribution in [-0.4, -0.2) is 27.2 Å². The Bertz CT molecular complexity index is 364. The van der Waals surface area contributed by atoms with Crippen molar-refractivity contribution in [2.45, 2.75) is 44.8 Å². The summed E-state index contributed by atoms with van der Waals surface area (Å²) in [7, 11) is 0. The molecule has 2 rings (SSSR count). The van der Waals surface area contributed by atoms with E-state index >= 15 is 0 Å². The van der Waals surface area contributed by atoms with Gasteiger partial charge in [-0.15, -0.1) is 0 Å². The highest BCUT2D eigenvalue weighted by Gasteiger charge is 2.20. The maximum absolute atomic E-state index is 9.42. The summed E-state index contributed by atoms with van der Waals surface area (Å²) in [6.45, 7) is 1.91. The highest BCUT2D eigenvalue weighted by atomic mass is 35.5. The molecule has 0 bridgehead atoms. The van der Waals surface area contributed by atoms with Gasteiger partial charge in [0.1, 0.15) is 17.3 Å². The topological polar surface area (TPSA) is 58.0 Å². The van der Waals surface area contributed by atoms with Crippen molar-refractivity contribution in [3.63, 3.8) is 0 Å². The van der Waals surface area contributed by atoms with Crippen LogP contribution in [0.15, 0.2) is 6.33 Å². The molecular formula is C11H16ClN3O. The summed E-state index contributed by atoms with van der Waals surface area (Å²) in [5, 5.41) is 13.3. The van der Waals surface area contributed by atoms with Crippen LogP contribution < -0.4 is 5.32 Å². The third kappa shape index (κ3) is 2.62. The molecule has 0 aromatic carbocycles. The van der Waals surface area contributed by atoms with Gasteiger partial charge in [0, 0.05) is 11.6 Å². The number of aromatic nitrogens is 2. The second-order valence-electron chi connectivity index (χ2n) is 4.29. The van der Waals surface area contributed by atoms with Gasteiger partial charge in [0.2, 0.25) is 0 Å². The largest absolute Gasteiger partial charge is 0.393 e. The third-order valence-corrected chi connectivity index (χ3v) is 3.44. The molecule has 1 aromatic rings. The second-order valence-corrected chi connectivity index (χ2v) is 4.65. The van der Waals surface area contributed by atoms with Crippen molar-refractivity contribution in [1.29, 1.82) is 0 Å². The molecule has 1 heterocycles. The molecule has 88 valence electrons. The minimum atomic E-state index is -0.131. The van der Waals surface area contributed by atoms with Crippen molar-refractivity contribution < 1.29 is 5.11 Å². The molecule has 0 spiro atoms. The van der Waals surface area contributed by atoms with E-state index in [2.05, 4.69) is 15.3 Å². The summed E-state index contributed by atoms with van der Waals surface area (Å²) in [6, 6.07) is 0.382. The van der Waals surface area contributed by atoms with E-state index in [1.54, 1.807) is 0 Å². The Balaban J connectivity index is 2.01. The van der Waals surface area contributed by atoms with Crippen LogP contribution in [0.4, 0.5) is 5.82 Å². The lowest BCUT2D eigenvalue weighted by molar-refractivity contribution is 0.126. The van der Waals surface area contributed by atoms with E-state index in [-0.39, 0.29) is 6.10 Å². The van der Waals surface area contributed by atoms with Crippen LogP contribution in [0.5, 0.6) is 0 Å². The Kier molecular flexibility index (Phi) is 3.61. The minimum Gasteiger partial charge on any atom is -0.393 e. The molecular weight excluding hydrogens is 226 g/mol. The highest BCUT2D eigenvalue weighted by molar-refractivity contribution is 6.30. The van der Waals surface area contributed by atoms with Crippen LogP contribution in [0.2, 0.25) is 5.15 Å². The van der Waals surface area contributed by atoms with Crippen LogP contribution in [-0.2, 0) is 0 Å². The second kappa shape index (κ2) is 4.97.